The van der Waals surface area contributed by atoms with Gasteiger partial charge in [-0.25, -0.2) is 0 Å². The van der Waals surface area contributed by atoms with Crippen LogP contribution in [0.3, 0.4) is 0 Å². The van der Waals surface area contributed by atoms with Crippen molar-refractivity contribution in [2.24, 2.45) is 0 Å². The maximum atomic E-state index is 3.81. The van der Waals surface area contributed by atoms with Gasteiger partial charge in [0, 0.05) is 15.8 Å². The predicted octanol–water partition coefficient (Wildman–Crippen LogP) is 8.28. The van der Waals surface area contributed by atoms with Crippen LogP contribution in [0.2, 0.25) is 0 Å². The van der Waals surface area contributed by atoms with E-state index in [1.807, 2.05) is 11.3 Å². The normalized spacial score (nSPS) is 14.7. The number of aryl methyl sites for hydroxylation is 1. The van der Waals surface area contributed by atoms with Crippen molar-refractivity contribution in [1.82, 2.24) is 0 Å². The number of unbranched alkanes of at least 4 members (excludes halogenated alkanes) is 6. The summed E-state index contributed by atoms with van der Waals surface area (Å²) in [5, 5.41) is 2.37. The number of hydrogen-bond donors (Lipinski definition) is 0. The standard InChI is InChI=1S/C21H31BrS/c1-3-5-7-9-11-17-13-21(23-16-17)19-14-18(20(22)15-19)12-10-8-6-4-2/h13-14,16H,3-12,15H2,1-2H3. The smallest absolute Gasteiger partial charge is 0.0308 e. The van der Waals surface area contributed by atoms with Crippen LogP contribution in [-0.2, 0) is 6.42 Å². The largest absolute Gasteiger partial charge is 0.144 e. The SMILES string of the molecule is CCCCCCC1=C(Br)CC(c2cc(CCCCCC)cs2)=C1. The van der Waals surface area contributed by atoms with E-state index in [1.165, 1.54) is 90.3 Å². The number of halogens is 1. The molecule has 1 aromatic heterocycles. The molecule has 0 aromatic carbocycles. The molecular formula is C21H31BrS. The monoisotopic (exact) mass is 394 g/mol. The average Bonchev–Trinajstić information content (AvgIpc) is 3.15. The lowest BCUT2D eigenvalue weighted by molar-refractivity contribution is 0.667. The van der Waals surface area contributed by atoms with Gasteiger partial charge in [-0.1, -0.05) is 74.4 Å². The zero-order valence-corrected chi connectivity index (χ0v) is 17.2. The number of thiophene rings is 1. The second kappa shape index (κ2) is 10.5. The lowest BCUT2D eigenvalue weighted by atomic mass is 10.1. The van der Waals surface area contributed by atoms with Gasteiger partial charge < -0.3 is 0 Å². The fourth-order valence-electron chi connectivity index (χ4n) is 3.16. The van der Waals surface area contributed by atoms with Crippen molar-refractivity contribution in [3.8, 4) is 0 Å². The van der Waals surface area contributed by atoms with Crippen molar-refractivity contribution in [3.63, 3.8) is 0 Å². The van der Waals surface area contributed by atoms with E-state index in [9.17, 15) is 0 Å². The van der Waals surface area contributed by atoms with Crippen LogP contribution in [0.15, 0.2) is 27.6 Å². The highest BCUT2D eigenvalue weighted by molar-refractivity contribution is 9.11. The van der Waals surface area contributed by atoms with Crippen molar-refractivity contribution in [3.05, 3.63) is 38.0 Å². The van der Waals surface area contributed by atoms with Crippen LogP contribution in [-0.4, -0.2) is 0 Å². The molecule has 0 N–H and O–H groups in total. The van der Waals surface area contributed by atoms with Crippen molar-refractivity contribution in [2.75, 3.05) is 0 Å². The maximum absolute atomic E-state index is 3.81. The number of hydrogen-bond acceptors (Lipinski definition) is 1. The highest BCUT2D eigenvalue weighted by Crippen LogP contribution is 2.39. The van der Waals surface area contributed by atoms with Gasteiger partial charge in [-0.3, -0.25) is 0 Å². The van der Waals surface area contributed by atoms with Gasteiger partial charge >= 0.3 is 0 Å². The fraction of sp³-hybridized carbons (Fsp3) is 0.619. The molecule has 1 heterocycles. The van der Waals surface area contributed by atoms with E-state index in [0.717, 1.165) is 6.42 Å². The maximum Gasteiger partial charge on any atom is 0.0308 e. The molecule has 0 atom stereocenters. The molecule has 0 bridgehead atoms. The van der Waals surface area contributed by atoms with Crippen molar-refractivity contribution in [2.45, 2.75) is 84.5 Å². The van der Waals surface area contributed by atoms with Gasteiger partial charge in [-0.05, 0) is 53.8 Å². The van der Waals surface area contributed by atoms with Crippen LogP contribution in [0.5, 0.6) is 0 Å². The molecule has 0 aliphatic heterocycles. The van der Waals surface area contributed by atoms with E-state index in [0.29, 0.717) is 0 Å². The third-order valence-electron chi connectivity index (χ3n) is 4.63. The Labute approximate surface area is 155 Å². The quantitative estimate of drug-likeness (QED) is 0.331. The van der Waals surface area contributed by atoms with E-state index < -0.39 is 0 Å². The summed E-state index contributed by atoms with van der Waals surface area (Å²) in [6.45, 7) is 4.55. The summed E-state index contributed by atoms with van der Waals surface area (Å²) < 4.78 is 1.42. The lowest BCUT2D eigenvalue weighted by Gasteiger charge is -2.00. The molecule has 0 radical (unpaired) electrons. The van der Waals surface area contributed by atoms with Crippen LogP contribution < -0.4 is 0 Å². The first-order valence-corrected chi connectivity index (χ1v) is 11.1. The third kappa shape index (κ3) is 6.23. The zero-order chi connectivity index (χ0) is 16.5. The van der Waals surface area contributed by atoms with Crippen LogP contribution in [0, 0.1) is 0 Å². The van der Waals surface area contributed by atoms with Crippen LogP contribution in [0.1, 0.15) is 88.5 Å². The first-order valence-electron chi connectivity index (χ1n) is 9.40. The minimum Gasteiger partial charge on any atom is -0.144 e. The summed E-state index contributed by atoms with van der Waals surface area (Å²) in [5.74, 6) is 0. The van der Waals surface area contributed by atoms with E-state index in [4.69, 9.17) is 0 Å². The Kier molecular flexibility index (Phi) is 8.68. The number of allylic oxidation sites excluding steroid dienone is 4. The second-order valence-corrected chi connectivity index (χ2v) is 8.59. The van der Waals surface area contributed by atoms with Crippen LogP contribution in [0.4, 0.5) is 0 Å². The van der Waals surface area contributed by atoms with E-state index in [2.05, 4.69) is 47.3 Å². The Hall–Kier alpha value is -0.340. The Balaban J connectivity index is 1.84. The summed E-state index contributed by atoms with van der Waals surface area (Å²) in [6, 6.07) is 2.43. The Morgan fingerprint density at radius 1 is 0.957 bits per heavy atom. The van der Waals surface area contributed by atoms with Crippen molar-refractivity contribution >= 4 is 32.8 Å². The summed E-state index contributed by atoms with van der Waals surface area (Å²) in [5.41, 5.74) is 4.59. The molecule has 0 amide bonds. The van der Waals surface area contributed by atoms with E-state index in [1.54, 1.807) is 0 Å². The van der Waals surface area contributed by atoms with Gasteiger partial charge in [-0.2, -0.15) is 0 Å². The fourth-order valence-corrected chi connectivity index (χ4v) is 4.74. The van der Waals surface area contributed by atoms with Gasteiger partial charge in [0.2, 0.25) is 0 Å². The zero-order valence-electron chi connectivity index (χ0n) is 14.8. The molecule has 0 fully saturated rings. The van der Waals surface area contributed by atoms with Crippen molar-refractivity contribution < 1.29 is 0 Å². The van der Waals surface area contributed by atoms with E-state index >= 15 is 0 Å². The van der Waals surface area contributed by atoms with Crippen LogP contribution in [0.25, 0.3) is 5.57 Å². The topological polar surface area (TPSA) is 0 Å². The van der Waals surface area contributed by atoms with Gasteiger partial charge in [0.25, 0.3) is 0 Å². The van der Waals surface area contributed by atoms with Gasteiger partial charge in [0.05, 0.1) is 0 Å². The molecule has 0 saturated carbocycles. The molecule has 0 unspecified atom stereocenters. The molecule has 23 heavy (non-hydrogen) atoms. The molecule has 0 spiro atoms. The van der Waals surface area contributed by atoms with Gasteiger partial charge in [0.1, 0.15) is 0 Å². The molecular weight excluding hydrogens is 364 g/mol. The predicted molar refractivity (Wildman–Crippen MR) is 109 cm³/mol. The summed E-state index contributed by atoms with van der Waals surface area (Å²) in [6.07, 6.45) is 16.8. The second-order valence-electron chi connectivity index (χ2n) is 6.72. The lowest BCUT2D eigenvalue weighted by Crippen LogP contribution is -1.82. The average molecular weight is 395 g/mol. The Morgan fingerprint density at radius 2 is 1.65 bits per heavy atom. The summed E-state index contributed by atoms with van der Waals surface area (Å²) in [4.78, 5) is 1.48. The summed E-state index contributed by atoms with van der Waals surface area (Å²) in [7, 11) is 0. The molecule has 1 aliphatic rings. The minimum atomic E-state index is 1.10. The minimum absolute atomic E-state index is 1.10. The molecule has 128 valence electrons. The molecule has 1 aromatic rings. The number of rotatable bonds is 11. The van der Waals surface area contributed by atoms with Gasteiger partial charge in [0.15, 0.2) is 0 Å². The Morgan fingerprint density at radius 3 is 2.35 bits per heavy atom. The first-order chi connectivity index (χ1) is 11.2. The highest BCUT2D eigenvalue weighted by Gasteiger charge is 2.16. The molecule has 1 aliphatic carbocycles. The van der Waals surface area contributed by atoms with Crippen molar-refractivity contribution in [1.29, 1.82) is 0 Å². The molecule has 0 nitrogen and oxygen atoms in total. The van der Waals surface area contributed by atoms with E-state index in [-0.39, 0.29) is 0 Å². The molecule has 2 rings (SSSR count). The molecule has 2 heteroatoms. The third-order valence-corrected chi connectivity index (χ3v) is 6.48. The van der Waals surface area contributed by atoms with Crippen LogP contribution >= 0.6 is 27.3 Å². The summed E-state index contributed by atoms with van der Waals surface area (Å²) >= 11 is 5.74. The highest BCUT2D eigenvalue weighted by atomic mass is 79.9. The van der Waals surface area contributed by atoms with Gasteiger partial charge in [-0.15, -0.1) is 11.3 Å². The Bertz CT molecular complexity index is 536. The molecule has 0 saturated heterocycles. The first kappa shape index (κ1) is 19.0.